The molecule has 0 atom stereocenters. The van der Waals surface area contributed by atoms with Crippen LogP contribution >= 0.6 is 0 Å². The Balaban J connectivity index is 1.48. The minimum atomic E-state index is -1.80. The Morgan fingerprint density at radius 3 is 1.07 bits per heavy atom. The molecule has 0 amide bonds. The first kappa shape index (κ1) is 19.0. The van der Waals surface area contributed by atoms with Crippen molar-refractivity contribution in [3.05, 3.63) is 109 Å². The van der Waals surface area contributed by atoms with Crippen molar-refractivity contribution in [2.75, 3.05) is 0 Å². The number of hydrogen-bond donors (Lipinski definition) is 0. The zero-order chi connectivity index (χ0) is 20.1. The van der Waals surface area contributed by atoms with Crippen molar-refractivity contribution in [1.29, 1.82) is 0 Å². The summed E-state index contributed by atoms with van der Waals surface area (Å²) < 4.78 is 11.8. The van der Waals surface area contributed by atoms with Gasteiger partial charge >= 0.3 is 0 Å². The van der Waals surface area contributed by atoms with Crippen LogP contribution in [0.1, 0.15) is 0 Å². The van der Waals surface area contributed by atoms with Gasteiger partial charge in [0.05, 0.1) is 0 Å². The third-order valence-corrected chi connectivity index (χ3v) is 8.66. The third-order valence-electron chi connectivity index (χ3n) is 5.11. The summed E-state index contributed by atoms with van der Waals surface area (Å²) in [4.78, 5) is 0. The summed E-state index contributed by atoms with van der Waals surface area (Å²) in [6.07, 6.45) is 0. The fourth-order valence-corrected chi connectivity index (χ4v) is 5.63. The molecular weight excluding hydrogens is 372 g/mol. The molecule has 144 valence electrons. The zero-order valence-electron chi connectivity index (χ0n) is 16.7. The lowest BCUT2D eigenvalue weighted by Gasteiger charge is -2.24. The van der Waals surface area contributed by atoms with Crippen molar-refractivity contribution in [3.8, 4) is 23.0 Å². The standard InChI is InChI=1S/C26H24O2Si/c1-29(2,25-17-13-23(14-18-25)27-21-9-5-3-6-10-21)26-19-15-24(16-20-26)28-22-11-7-4-8-12-22/h3-20H,1-2H3. The van der Waals surface area contributed by atoms with Crippen molar-refractivity contribution in [2.24, 2.45) is 0 Å². The highest BCUT2D eigenvalue weighted by atomic mass is 28.3. The van der Waals surface area contributed by atoms with E-state index in [9.17, 15) is 0 Å². The highest BCUT2D eigenvalue weighted by molar-refractivity contribution is 7.00. The molecular formula is C26H24O2Si. The van der Waals surface area contributed by atoms with E-state index in [1.165, 1.54) is 10.4 Å². The molecule has 0 N–H and O–H groups in total. The van der Waals surface area contributed by atoms with Gasteiger partial charge in [-0.1, -0.05) is 84.1 Å². The van der Waals surface area contributed by atoms with Gasteiger partial charge in [-0.05, 0) is 48.5 Å². The van der Waals surface area contributed by atoms with Crippen LogP contribution in [-0.4, -0.2) is 8.07 Å². The Kier molecular flexibility index (Phi) is 5.50. The van der Waals surface area contributed by atoms with E-state index < -0.39 is 8.07 Å². The van der Waals surface area contributed by atoms with Crippen molar-refractivity contribution < 1.29 is 9.47 Å². The maximum absolute atomic E-state index is 5.92. The van der Waals surface area contributed by atoms with Crippen LogP contribution in [0.15, 0.2) is 109 Å². The van der Waals surface area contributed by atoms with Crippen LogP contribution in [0.25, 0.3) is 0 Å². The van der Waals surface area contributed by atoms with Gasteiger partial charge in [-0.3, -0.25) is 0 Å². The molecule has 0 bridgehead atoms. The number of benzene rings is 4. The molecule has 4 aromatic rings. The highest BCUT2D eigenvalue weighted by Gasteiger charge is 2.26. The maximum Gasteiger partial charge on any atom is 0.127 e. The average molecular weight is 397 g/mol. The molecule has 0 unspecified atom stereocenters. The summed E-state index contributed by atoms with van der Waals surface area (Å²) in [5.41, 5.74) is 0. The molecule has 2 nitrogen and oxygen atoms in total. The van der Waals surface area contributed by atoms with Gasteiger partial charge < -0.3 is 9.47 Å². The van der Waals surface area contributed by atoms with Crippen LogP contribution in [0.4, 0.5) is 0 Å². The SMILES string of the molecule is C[Si](C)(c1ccc(Oc2ccccc2)cc1)c1ccc(Oc2ccccc2)cc1. The van der Waals surface area contributed by atoms with Gasteiger partial charge in [0, 0.05) is 0 Å². The van der Waals surface area contributed by atoms with Crippen LogP contribution in [-0.2, 0) is 0 Å². The quantitative estimate of drug-likeness (QED) is 0.367. The number of para-hydroxylation sites is 2. The van der Waals surface area contributed by atoms with Gasteiger partial charge in [0.25, 0.3) is 0 Å². The molecule has 0 heterocycles. The smallest absolute Gasteiger partial charge is 0.127 e. The number of ether oxygens (including phenoxy) is 2. The Hall–Kier alpha value is -3.30. The Morgan fingerprint density at radius 1 is 0.414 bits per heavy atom. The molecule has 0 aromatic heterocycles. The molecule has 0 saturated heterocycles. The van der Waals surface area contributed by atoms with Crippen LogP contribution < -0.4 is 19.8 Å². The predicted molar refractivity (Wildman–Crippen MR) is 123 cm³/mol. The van der Waals surface area contributed by atoms with E-state index in [0.29, 0.717) is 0 Å². The van der Waals surface area contributed by atoms with Crippen molar-refractivity contribution in [2.45, 2.75) is 13.1 Å². The van der Waals surface area contributed by atoms with E-state index in [1.54, 1.807) is 0 Å². The van der Waals surface area contributed by atoms with Crippen molar-refractivity contribution in [3.63, 3.8) is 0 Å². The molecule has 4 rings (SSSR count). The van der Waals surface area contributed by atoms with Crippen LogP contribution in [0, 0.1) is 0 Å². The molecule has 0 aliphatic carbocycles. The Bertz CT molecular complexity index is 954. The van der Waals surface area contributed by atoms with Gasteiger partial charge in [0.15, 0.2) is 0 Å². The summed E-state index contributed by atoms with van der Waals surface area (Å²) in [5, 5.41) is 2.74. The normalized spacial score (nSPS) is 11.1. The summed E-state index contributed by atoms with van der Waals surface area (Å²) in [5.74, 6) is 3.42. The van der Waals surface area contributed by atoms with Crippen molar-refractivity contribution >= 4 is 18.4 Å². The van der Waals surface area contributed by atoms with Crippen molar-refractivity contribution in [1.82, 2.24) is 0 Å². The largest absolute Gasteiger partial charge is 0.457 e. The van der Waals surface area contributed by atoms with Gasteiger partial charge in [-0.15, -0.1) is 0 Å². The molecule has 0 aliphatic rings. The molecule has 0 saturated carbocycles. The second kappa shape index (κ2) is 8.37. The fourth-order valence-electron chi connectivity index (χ4n) is 3.30. The monoisotopic (exact) mass is 396 g/mol. The molecule has 0 aliphatic heterocycles. The minimum Gasteiger partial charge on any atom is -0.457 e. The first-order valence-electron chi connectivity index (χ1n) is 9.78. The molecule has 0 fully saturated rings. The summed E-state index contributed by atoms with van der Waals surface area (Å²) in [7, 11) is -1.80. The van der Waals surface area contributed by atoms with Crippen LogP contribution in [0.5, 0.6) is 23.0 Å². The lowest BCUT2D eigenvalue weighted by atomic mass is 10.3. The van der Waals surface area contributed by atoms with Gasteiger partial charge in [-0.2, -0.15) is 0 Å². The summed E-state index contributed by atoms with van der Waals surface area (Å²) >= 11 is 0. The van der Waals surface area contributed by atoms with E-state index in [-0.39, 0.29) is 0 Å². The minimum absolute atomic E-state index is 0.853. The molecule has 3 heteroatoms. The van der Waals surface area contributed by atoms with E-state index >= 15 is 0 Å². The fraction of sp³-hybridized carbons (Fsp3) is 0.0769. The van der Waals surface area contributed by atoms with E-state index in [4.69, 9.17) is 9.47 Å². The van der Waals surface area contributed by atoms with Gasteiger partial charge in [0.1, 0.15) is 31.1 Å². The molecule has 4 aromatic carbocycles. The molecule has 0 spiro atoms. The maximum atomic E-state index is 5.92. The second-order valence-corrected chi connectivity index (χ2v) is 11.9. The van der Waals surface area contributed by atoms with Gasteiger partial charge in [0.2, 0.25) is 0 Å². The second-order valence-electron chi connectivity index (χ2n) is 7.50. The van der Waals surface area contributed by atoms with E-state index in [1.807, 2.05) is 60.7 Å². The number of hydrogen-bond acceptors (Lipinski definition) is 2. The molecule has 0 radical (unpaired) electrons. The first-order chi connectivity index (χ1) is 14.1. The first-order valence-corrected chi connectivity index (χ1v) is 12.8. The highest BCUT2D eigenvalue weighted by Crippen LogP contribution is 2.22. The predicted octanol–water partition coefficient (Wildman–Crippen LogP) is 6.09. The van der Waals surface area contributed by atoms with Crippen LogP contribution in [0.3, 0.4) is 0 Å². The van der Waals surface area contributed by atoms with E-state index in [0.717, 1.165) is 23.0 Å². The Labute approximate surface area is 173 Å². The summed E-state index contributed by atoms with van der Waals surface area (Å²) in [6.45, 7) is 4.74. The topological polar surface area (TPSA) is 18.5 Å². The number of rotatable bonds is 6. The van der Waals surface area contributed by atoms with E-state index in [2.05, 4.69) is 61.6 Å². The zero-order valence-corrected chi connectivity index (χ0v) is 17.7. The van der Waals surface area contributed by atoms with Gasteiger partial charge in [-0.25, -0.2) is 0 Å². The lowest BCUT2D eigenvalue weighted by molar-refractivity contribution is 0.482. The third kappa shape index (κ3) is 4.58. The molecule has 29 heavy (non-hydrogen) atoms. The summed E-state index contributed by atoms with van der Waals surface area (Å²) in [6, 6.07) is 36.7. The lowest BCUT2D eigenvalue weighted by Crippen LogP contribution is -2.52. The average Bonchev–Trinajstić information content (AvgIpc) is 2.76. The van der Waals surface area contributed by atoms with Crippen LogP contribution in [0.2, 0.25) is 13.1 Å². The Morgan fingerprint density at radius 2 is 0.724 bits per heavy atom.